The lowest BCUT2D eigenvalue weighted by Gasteiger charge is -2.42. The summed E-state index contributed by atoms with van der Waals surface area (Å²) in [7, 11) is 2.20. The summed E-state index contributed by atoms with van der Waals surface area (Å²) in [5.74, 6) is 1.07. The molecule has 0 spiro atoms. The van der Waals surface area contributed by atoms with Crippen LogP contribution in [0.5, 0.6) is 0 Å². The maximum atomic E-state index is 12.3. The van der Waals surface area contributed by atoms with Crippen molar-refractivity contribution in [1.29, 1.82) is 0 Å². The van der Waals surface area contributed by atoms with Crippen molar-refractivity contribution in [2.75, 3.05) is 39.8 Å². The summed E-state index contributed by atoms with van der Waals surface area (Å²) >= 11 is 0. The summed E-state index contributed by atoms with van der Waals surface area (Å²) in [5.41, 5.74) is 2.75. The van der Waals surface area contributed by atoms with Crippen molar-refractivity contribution in [3.63, 3.8) is 0 Å². The summed E-state index contributed by atoms with van der Waals surface area (Å²) in [4.78, 5) is 4.95. The van der Waals surface area contributed by atoms with Crippen molar-refractivity contribution in [3.05, 3.63) is 65.1 Å². The van der Waals surface area contributed by atoms with Crippen LogP contribution >= 0.6 is 0 Å². The predicted molar refractivity (Wildman–Crippen MR) is 122 cm³/mol. The molecule has 1 saturated carbocycles. The molecule has 2 unspecified atom stereocenters. The van der Waals surface area contributed by atoms with Crippen LogP contribution in [0, 0.1) is 12.8 Å². The zero-order chi connectivity index (χ0) is 21.0. The highest BCUT2D eigenvalue weighted by Crippen LogP contribution is 2.41. The molecule has 1 aromatic carbocycles. The second-order valence-corrected chi connectivity index (χ2v) is 9.32. The van der Waals surface area contributed by atoms with Gasteiger partial charge in [-0.2, -0.15) is 0 Å². The largest absolute Gasteiger partial charge is 0.465 e. The van der Waals surface area contributed by atoms with Gasteiger partial charge in [0.1, 0.15) is 5.76 Å². The van der Waals surface area contributed by atoms with E-state index in [2.05, 4.69) is 54.1 Å². The summed E-state index contributed by atoms with van der Waals surface area (Å²) in [5, 5.41) is 12.3. The SMILES string of the molecule is Cc1cccc(CC2(O)/C(=C\c3ccco3)CCCCC2CN2CCN(C)CC2)c1. The lowest BCUT2D eigenvalue weighted by atomic mass is 9.74. The Morgan fingerprint density at radius 1 is 1.13 bits per heavy atom. The third-order valence-electron chi connectivity index (χ3n) is 6.97. The third-order valence-corrected chi connectivity index (χ3v) is 6.97. The van der Waals surface area contributed by atoms with E-state index < -0.39 is 5.60 Å². The molecule has 4 heteroatoms. The summed E-state index contributed by atoms with van der Waals surface area (Å²) in [6, 6.07) is 12.5. The van der Waals surface area contributed by atoms with Gasteiger partial charge in [-0.25, -0.2) is 0 Å². The molecule has 162 valence electrons. The molecule has 2 aliphatic rings. The van der Waals surface area contributed by atoms with Gasteiger partial charge in [-0.3, -0.25) is 0 Å². The average molecular weight is 409 g/mol. The Morgan fingerprint density at radius 3 is 2.70 bits per heavy atom. The first-order chi connectivity index (χ1) is 14.5. The van der Waals surface area contributed by atoms with Crippen molar-refractivity contribution in [2.24, 2.45) is 5.92 Å². The van der Waals surface area contributed by atoms with Crippen molar-refractivity contribution >= 4 is 6.08 Å². The van der Waals surface area contributed by atoms with Gasteiger partial charge in [0, 0.05) is 45.1 Å². The van der Waals surface area contributed by atoms with Crippen LogP contribution in [-0.2, 0) is 6.42 Å². The first-order valence-corrected chi connectivity index (χ1v) is 11.5. The van der Waals surface area contributed by atoms with Crippen LogP contribution in [0.2, 0.25) is 0 Å². The second-order valence-electron chi connectivity index (χ2n) is 9.32. The van der Waals surface area contributed by atoms with E-state index in [1.54, 1.807) is 6.26 Å². The van der Waals surface area contributed by atoms with E-state index >= 15 is 0 Å². The minimum Gasteiger partial charge on any atom is -0.465 e. The molecule has 0 bridgehead atoms. The number of aliphatic hydroxyl groups is 1. The Hall–Kier alpha value is -1.88. The van der Waals surface area contributed by atoms with Gasteiger partial charge in [-0.05, 0) is 62.6 Å². The van der Waals surface area contributed by atoms with Gasteiger partial charge in [0.25, 0.3) is 0 Å². The topological polar surface area (TPSA) is 39.9 Å². The summed E-state index contributed by atoms with van der Waals surface area (Å²) in [6.45, 7) is 7.49. The molecule has 2 aromatic rings. The van der Waals surface area contributed by atoms with Crippen LogP contribution in [0.15, 0.2) is 52.7 Å². The van der Waals surface area contributed by atoms with Gasteiger partial charge >= 0.3 is 0 Å². The third kappa shape index (κ3) is 5.05. The van der Waals surface area contributed by atoms with Crippen LogP contribution in [0.3, 0.4) is 0 Å². The molecule has 0 radical (unpaired) electrons. The molecule has 1 aliphatic heterocycles. The number of aryl methyl sites for hydroxylation is 1. The number of benzene rings is 1. The normalized spacial score (nSPS) is 28.0. The van der Waals surface area contributed by atoms with E-state index in [0.717, 1.165) is 63.3 Å². The first-order valence-electron chi connectivity index (χ1n) is 11.5. The zero-order valence-electron chi connectivity index (χ0n) is 18.5. The molecule has 30 heavy (non-hydrogen) atoms. The van der Waals surface area contributed by atoms with Crippen LogP contribution < -0.4 is 0 Å². The smallest absolute Gasteiger partial charge is 0.126 e. The molecule has 2 heterocycles. The van der Waals surface area contributed by atoms with Gasteiger partial charge in [0.2, 0.25) is 0 Å². The highest BCUT2D eigenvalue weighted by molar-refractivity contribution is 5.51. The first kappa shape index (κ1) is 21.4. The van der Waals surface area contributed by atoms with Gasteiger partial charge < -0.3 is 19.3 Å². The van der Waals surface area contributed by atoms with Gasteiger partial charge in [-0.1, -0.05) is 36.2 Å². The molecule has 1 N–H and O–H groups in total. The minimum atomic E-state index is -0.847. The van der Waals surface area contributed by atoms with E-state index in [-0.39, 0.29) is 5.92 Å². The molecule has 1 saturated heterocycles. The number of furan rings is 1. The average Bonchev–Trinajstić information content (AvgIpc) is 3.19. The number of hydrogen-bond donors (Lipinski definition) is 1. The lowest BCUT2D eigenvalue weighted by molar-refractivity contribution is -0.00649. The van der Waals surface area contributed by atoms with Crippen LogP contribution in [0.4, 0.5) is 0 Å². The molecule has 4 nitrogen and oxygen atoms in total. The van der Waals surface area contributed by atoms with E-state index in [1.807, 2.05) is 12.1 Å². The van der Waals surface area contributed by atoms with E-state index in [4.69, 9.17) is 4.42 Å². The maximum Gasteiger partial charge on any atom is 0.126 e. The zero-order valence-corrected chi connectivity index (χ0v) is 18.5. The number of hydrogen-bond acceptors (Lipinski definition) is 4. The second kappa shape index (κ2) is 9.51. The Kier molecular flexibility index (Phi) is 6.77. The van der Waals surface area contributed by atoms with Gasteiger partial charge in [0.05, 0.1) is 11.9 Å². The molecular formula is C26H36N2O2. The highest BCUT2D eigenvalue weighted by Gasteiger charge is 2.42. The van der Waals surface area contributed by atoms with Gasteiger partial charge in [-0.15, -0.1) is 0 Å². The van der Waals surface area contributed by atoms with Crippen molar-refractivity contribution < 1.29 is 9.52 Å². The fourth-order valence-corrected chi connectivity index (χ4v) is 5.14. The molecule has 0 amide bonds. The van der Waals surface area contributed by atoms with Crippen molar-refractivity contribution in [2.45, 2.75) is 44.6 Å². The monoisotopic (exact) mass is 408 g/mol. The number of rotatable bonds is 5. The Balaban J connectivity index is 1.66. The van der Waals surface area contributed by atoms with Crippen LogP contribution in [-0.4, -0.2) is 60.3 Å². The fourth-order valence-electron chi connectivity index (χ4n) is 5.14. The molecule has 1 aliphatic carbocycles. The molecular weight excluding hydrogens is 372 g/mol. The lowest BCUT2D eigenvalue weighted by Crippen LogP contribution is -2.51. The maximum absolute atomic E-state index is 12.3. The molecule has 4 rings (SSSR count). The number of likely N-dealkylation sites (N-methyl/N-ethyl adjacent to an activating group) is 1. The van der Waals surface area contributed by atoms with Crippen molar-refractivity contribution in [3.8, 4) is 0 Å². The van der Waals surface area contributed by atoms with Crippen LogP contribution in [0.1, 0.15) is 42.6 Å². The highest BCUT2D eigenvalue weighted by atomic mass is 16.3. The van der Waals surface area contributed by atoms with Crippen molar-refractivity contribution in [1.82, 2.24) is 9.80 Å². The molecule has 1 aromatic heterocycles. The quantitative estimate of drug-likeness (QED) is 0.745. The Bertz CT molecular complexity index is 836. The standard InChI is InChI=1S/C26H36N2O2/c1-21-7-5-8-22(17-21)19-26(29)23(18-25-11-6-16-30-25)9-3-4-10-24(26)20-28-14-12-27(2)13-15-28/h5-8,11,16-18,24,29H,3-4,9-10,12-15,19-20H2,1-2H3/b23-18-. The summed E-state index contributed by atoms with van der Waals surface area (Å²) in [6.07, 6.45) is 8.79. The number of piperazine rings is 1. The minimum absolute atomic E-state index is 0.227. The summed E-state index contributed by atoms with van der Waals surface area (Å²) < 4.78 is 5.63. The van der Waals surface area contributed by atoms with E-state index in [1.165, 1.54) is 17.5 Å². The Morgan fingerprint density at radius 2 is 1.97 bits per heavy atom. The Labute approximate surface area is 181 Å². The predicted octanol–water partition coefficient (Wildman–Crippen LogP) is 4.38. The van der Waals surface area contributed by atoms with E-state index in [9.17, 15) is 5.11 Å². The number of nitrogens with zero attached hydrogens (tertiary/aromatic N) is 2. The van der Waals surface area contributed by atoms with Gasteiger partial charge in [0.15, 0.2) is 0 Å². The molecule has 2 fully saturated rings. The van der Waals surface area contributed by atoms with Crippen LogP contribution in [0.25, 0.3) is 6.08 Å². The molecule has 2 atom stereocenters. The fraction of sp³-hybridized carbons (Fsp3) is 0.538. The van der Waals surface area contributed by atoms with E-state index in [0.29, 0.717) is 6.42 Å².